The number of anilines is 1. The SMILES string of the molecule is CC(C)[C@@H]1Nc2ccccc2CN(Cc2ccccc2)C1=O. The Labute approximate surface area is 132 Å². The molecule has 3 nitrogen and oxygen atoms in total. The van der Waals surface area contributed by atoms with Crippen LogP contribution < -0.4 is 5.32 Å². The molecule has 1 amide bonds. The molecule has 3 rings (SSSR count). The molecule has 1 aliphatic heterocycles. The summed E-state index contributed by atoms with van der Waals surface area (Å²) in [5.74, 6) is 0.423. The van der Waals surface area contributed by atoms with Crippen molar-refractivity contribution in [2.45, 2.75) is 33.0 Å². The van der Waals surface area contributed by atoms with Gasteiger partial charge in [-0.3, -0.25) is 4.79 Å². The quantitative estimate of drug-likeness (QED) is 0.937. The van der Waals surface area contributed by atoms with E-state index in [1.807, 2.05) is 35.2 Å². The molecular weight excluding hydrogens is 272 g/mol. The molecule has 2 aromatic carbocycles. The van der Waals surface area contributed by atoms with Gasteiger partial charge >= 0.3 is 0 Å². The van der Waals surface area contributed by atoms with Crippen LogP contribution in [0.15, 0.2) is 54.6 Å². The van der Waals surface area contributed by atoms with Crippen molar-refractivity contribution in [1.29, 1.82) is 0 Å². The van der Waals surface area contributed by atoms with Gasteiger partial charge in [-0.05, 0) is 23.1 Å². The Balaban J connectivity index is 1.93. The van der Waals surface area contributed by atoms with Gasteiger partial charge in [0.25, 0.3) is 0 Å². The molecule has 3 heteroatoms. The second-order valence-electron chi connectivity index (χ2n) is 6.20. The minimum absolute atomic E-state index is 0.174. The molecule has 1 atom stereocenters. The predicted molar refractivity (Wildman–Crippen MR) is 89.4 cm³/mol. The van der Waals surface area contributed by atoms with Gasteiger partial charge in [-0.25, -0.2) is 0 Å². The van der Waals surface area contributed by atoms with E-state index in [1.165, 1.54) is 5.56 Å². The second kappa shape index (κ2) is 6.22. The summed E-state index contributed by atoms with van der Waals surface area (Å²) in [6, 6.07) is 18.2. The topological polar surface area (TPSA) is 32.3 Å². The fourth-order valence-corrected chi connectivity index (χ4v) is 2.90. The average Bonchev–Trinajstić information content (AvgIpc) is 2.66. The molecule has 22 heavy (non-hydrogen) atoms. The summed E-state index contributed by atoms with van der Waals surface area (Å²) in [6.07, 6.45) is 0. The number of nitrogens with zero attached hydrogens (tertiary/aromatic N) is 1. The molecule has 0 radical (unpaired) electrons. The fourth-order valence-electron chi connectivity index (χ4n) is 2.90. The number of carbonyl (C=O) groups is 1. The van der Waals surface area contributed by atoms with E-state index < -0.39 is 0 Å². The number of rotatable bonds is 3. The van der Waals surface area contributed by atoms with Crippen molar-refractivity contribution in [1.82, 2.24) is 4.90 Å². The Morgan fingerprint density at radius 3 is 2.50 bits per heavy atom. The van der Waals surface area contributed by atoms with Crippen molar-refractivity contribution >= 4 is 11.6 Å². The Kier molecular flexibility index (Phi) is 4.14. The zero-order valence-corrected chi connectivity index (χ0v) is 13.1. The van der Waals surface area contributed by atoms with E-state index >= 15 is 0 Å². The summed E-state index contributed by atoms with van der Waals surface area (Å²) < 4.78 is 0. The van der Waals surface area contributed by atoms with E-state index in [0.29, 0.717) is 13.1 Å². The van der Waals surface area contributed by atoms with Crippen LogP contribution in [0.5, 0.6) is 0 Å². The lowest BCUT2D eigenvalue weighted by atomic mass is 10.0. The standard InChI is InChI=1S/C19H22N2O/c1-14(2)18-19(22)21(12-15-8-4-3-5-9-15)13-16-10-6-7-11-17(16)20-18/h3-11,14,18,20H,12-13H2,1-2H3/t18-/m0/s1. The van der Waals surface area contributed by atoms with E-state index in [2.05, 4.69) is 43.4 Å². The maximum atomic E-state index is 12.9. The van der Waals surface area contributed by atoms with E-state index in [4.69, 9.17) is 0 Å². The molecule has 0 saturated carbocycles. The molecule has 0 unspecified atom stereocenters. The zero-order valence-electron chi connectivity index (χ0n) is 13.1. The van der Waals surface area contributed by atoms with Crippen molar-refractivity contribution in [2.24, 2.45) is 5.92 Å². The molecule has 114 valence electrons. The molecule has 0 aromatic heterocycles. The molecule has 0 saturated heterocycles. The molecule has 0 fully saturated rings. The van der Waals surface area contributed by atoms with E-state index in [9.17, 15) is 4.79 Å². The van der Waals surface area contributed by atoms with Crippen molar-refractivity contribution in [3.05, 3.63) is 65.7 Å². The Hall–Kier alpha value is -2.29. The Bertz CT molecular complexity index is 651. The first kappa shape index (κ1) is 14.6. The highest BCUT2D eigenvalue weighted by Crippen LogP contribution is 2.26. The third-order valence-electron chi connectivity index (χ3n) is 4.15. The maximum absolute atomic E-state index is 12.9. The summed E-state index contributed by atoms with van der Waals surface area (Å²) in [4.78, 5) is 14.9. The van der Waals surface area contributed by atoms with E-state index in [1.54, 1.807) is 0 Å². The fraction of sp³-hybridized carbons (Fsp3) is 0.316. The normalized spacial score (nSPS) is 17.9. The lowest BCUT2D eigenvalue weighted by Crippen LogP contribution is -2.43. The van der Waals surface area contributed by atoms with Gasteiger partial charge in [0.1, 0.15) is 6.04 Å². The highest BCUT2D eigenvalue weighted by atomic mass is 16.2. The third kappa shape index (κ3) is 2.98. The van der Waals surface area contributed by atoms with Gasteiger partial charge in [0.05, 0.1) is 0 Å². The lowest BCUT2D eigenvalue weighted by Gasteiger charge is -2.26. The minimum Gasteiger partial charge on any atom is -0.373 e. The molecule has 2 aromatic rings. The number of carbonyl (C=O) groups excluding carboxylic acids is 1. The first-order valence-corrected chi connectivity index (χ1v) is 7.82. The van der Waals surface area contributed by atoms with Gasteiger partial charge in [0.15, 0.2) is 0 Å². The van der Waals surface area contributed by atoms with Gasteiger partial charge < -0.3 is 10.2 Å². The summed E-state index contributed by atoms with van der Waals surface area (Å²) in [5.41, 5.74) is 3.41. The summed E-state index contributed by atoms with van der Waals surface area (Å²) in [6.45, 7) is 5.48. The minimum atomic E-state index is -0.174. The van der Waals surface area contributed by atoms with E-state index in [0.717, 1.165) is 11.3 Å². The van der Waals surface area contributed by atoms with Gasteiger partial charge in [-0.2, -0.15) is 0 Å². The number of benzene rings is 2. The van der Waals surface area contributed by atoms with E-state index in [-0.39, 0.29) is 17.9 Å². The van der Waals surface area contributed by atoms with Crippen molar-refractivity contribution < 1.29 is 4.79 Å². The van der Waals surface area contributed by atoms with Gasteiger partial charge in [-0.1, -0.05) is 62.4 Å². The van der Waals surface area contributed by atoms with Crippen LogP contribution in [0.2, 0.25) is 0 Å². The monoisotopic (exact) mass is 294 g/mol. The first-order chi connectivity index (χ1) is 10.6. The van der Waals surface area contributed by atoms with Gasteiger partial charge in [0, 0.05) is 18.8 Å². The predicted octanol–water partition coefficient (Wildman–Crippen LogP) is 3.67. The van der Waals surface area contributed by atoms with Crippen LogP contribution in [0.3, 0.4) is 0 Å². The largest absolute Gasteiger partial charge is 0.373 e. The molecule has 0 bridgehead atoms. The van der Waals surface area contributed by atoms with Gasteiger partial charge in [-0.15, -0.1) is 0 Å². The number of amides is 1. The molecule has 1 aliphatic rings. The first-order valence-electron chi connectivity index (χ1n) is 7.82. The number of hydrogen-bond donors (Lipinski definition) is 1. The number of fused-ring (bicyclic) bond motifs is 1. The molecular formula is C19H22N2O. The highest BCUT2D eigenvalue weighted by molar-refractivity contribution is 5.86. The van der Waals surface area contributed by atoms with Crippen LogP contribution in [0.4, 0.5) is 5.69 Å². The van der Waals surface area contributed by atoms with Crippen LogP contribution in [-0.2, 0) is 17.9 Å². The number of para-hydroxylation sites is 1. The van der Waals surface area contributed by atoms with Crippen LogP contribution in [0, 0.1) is 5.92 Å². The van der Waals surface area contributed by atoms with Crippen LogP contribution in [0.1, 0.15) is 25.0 Å². The number of nitrogens with one attached hydrogen (secondary N) is 1. The molecule has 1 N–H and O–H groups in total. The molecule has 0 spiro atoms. The third-order valence-corrected chi connectivity index (χ3v) is 4.15. The smallest absolute Gasteiger partial charge is 0.245 e. The Morgan fingerprint density at radius 1 is 1.09 bits per heavy atom. The Morgan fingerprint density at radius 2 is 1.77 bits per heavy atom. The van der Waals surface area contributed by atoms with Crippen LogP contribution in [-0.4, -0.2) is 16.8 Å². The second-order valence-corrected chi connectivity index (χ2v) is 6.20. The summed E-state index contributed by atoms with van der Waals surface area (Å²) in [5, 5.41) is 3.43. The molecule has 0 aliphatic carbocycles. The average molecular weight is 294 g/mol. The van der Waals surface area contributed by atoms with Crippen molar-refractivity contribution in [3.8, 4) is 0 Å². The van der Waals surface area contributed by atoms with Crippen molar-refractivity contribution in [2.75, 3.05) is 5.32 Å². The number of hydrogen-bond acceptors (Lipinski definition) is 2. The maximum Gasteiger partial charge on any atom is 0.245 e. The highest BCUT2D eigenvalue weighted by Gasteiger charge is 2.30. The van der Waals surface area contributed by atoms with Crippen LogP contribution >= 0.6 is 0 Å². The van der Waals surface area contributed by atoms with Crippen molar-refractivity contribution in [3.63, 3.8) is 0 Å². The van der Waals surface area contributed by atoms with Gasteiger partial charge in [0.2, 0.25) is 5.91 Å². The zero-order chi connectivity index (χ0) is 15.5. The summed E-state index contributed by atoms with van der Waals surface area (Å²) >= 11 is 0. The molecule has 1 heterocycles. The lowest BCUT2D eigenvalue weighted by molar-refractivity contribution is -0.133. The van der Waals surface area contributed by atoms with Crippen LogP contribution in [0.25, 0.3) is 0 Å². The summed E-state index contributed by atoms with van der Waals surface area (Å²) in [7, 11) is 0.